The van der Waals surface area contributed by atoms with Gasteiger partial charge in [0.25, 0.3) is 11.8 Å². The first-order valence-electron chi connectivity index (χ1n) is 12.1. The second-order valence-electron chi connectivity index (χ2n) is 9.04. The molecule has 0 radical (unpaired) electrons. The molecule has 38 heavy (non-hydrogen) atoms. The largest absolute Gasteiger partial charge is 0.503 e. The molecule has 2 aromatic heterocycles. The lowest BCUT2D eigenvalue weighted by Crippen LogP contribution is -2.41. The van der Waals surface area contributed by atoms with Gasteiger partial charge < -0.3 is 20.3 Å². The predicted octanol–water partition coefficient (Wildman–Crippen LogP) is 1.69. The number of carbonyl (C=O) groups is 2. The number of nitrogens with zero attached hydrogens (tertiary/aromatic N) is 3. The van der Waals surface area contributed by atoms with Gasteiger partial charge in [-0.3, -0.25) is 24.8 Å². The van der Waals surface area contributed by atoms with E-state index in [4.69, 9.17) is 0 Å². The Morgan fingerprint density at radius 3 is 2.79 bits per heavy atom. The number of hydrazine groups is 1. The van der Waals surface area contributed by atoms with Crippen molar-refractivity contribution in [1.82, 2.24) is 30.6 Å². The normalized spacial score (nSPS) is 16.7. The van der Waals surface area contributed by atoms with Crippen molar-refractivity contribution in [3.8, 4) is 5.75 Å². The van der Waals surface area contributed by atoms with Crippen molar-refractivity contribution in [3.05, 3.63) is 93.2 Å². The molecule has 10 nitrogen and oxygen atoms in total. The van der Waals surface area contributed by atoms with Gasteiger partial charge in [-0.05, 0) is 31.0 Å². The van der Waals surface area contributed by atoms with Crippen LogP contribution < -0.4 is 21.5 Å². The summed E-state index contributed by atoms with van der Waals surface area (Å²) in [7, 11) is 0. The number of aromatic nitrogens is 2. The first-order valence-corrected chi connectivity index (χ1v) is 12.1. The summed E-state index contributed by atoms with van der Waals surface area (Å²) in [6.07, 6.45) is 5.24. The molecule has 0 fully saturated rings. The molecule has 2 amide bonds. The van der Waals surface area contributed by atoms with Gasteiger partial charge in [-0.1, -0.05) is 12.1 Å². The van der Waals surface area contributed by atoms with Crippen LogP contribution in [0.5, 0.6) is 5.75 Å². The van der Waals surface area contributed by atoms with Crippen LogP contribution >= 0.6 is 0 Å². The number of rotatable bonds is 5. The highest BCUT2D eigenvalue weighted by molar-refractivity contribution is 5.98. The number of pyridine rings is 2. The number of amides is 2. The number of carbonyl (C=O) groups excluding carboxylic acids is 2. The Labute approximate surface area is 217 Å². The minimum Gasteiger partial charge on any atom is -0.503 e. The van der Waals surface area contributed by atoms with Gasteiger partial charge in [0, 0.05) is 69.0 Å². The van der Waals surface area contributed by atoms with Gasteiger partial charge in [-0.15, -0.1) is 0 Å². The molecule has 200 valence electrons. The lowest BCUT2D eigenvalue weighted by molar-refractivity contribution is 0.0914. The number of halogens is 2. The number of aromatic hydroxyl groups is 1. The third kappa shape index (κ3) is 6.39. The molecule has 1 aliphatic rings. The van der Waals surface area contributed by atoms with Crippen molar-refractivity contribution < 1.29 is 23.5 Å². The number of benzene rings is 1. The van der Waals surface area contributed by atoms with E-state index in [0.29, 0.717) is 32.1 Å². The molecule has 0 spiro atoms. The molecule has 4 N–H and O–H groups in total. The molecule has 4 rings (SSSR count). The van der Waals surface area contributed by atoms with Gasteiger partial charge in [0.15, 0.2) is 11.4 Å². The predicted molar refractivity (Wildman–Crippen MR) is 134 cm³/mol. The zero-order chi connectivity index (χ0) is 27.2. The van der Waals surface area contributed by atoms with E-state index in [1.807, 2.05) is 24.1 Å². The van der Waals surface area contributed by atoms with E-state index in [1.165, 1.54) is 16.8 Å². The van der Waals surface area contributed by atoms with Crippen LogP contribution in [0.15, 0.2) is 53.7 Å². The highest BCUT2D eigenvalue weighted by Gasteiger charge is 2.26. The zero-order valence-electron chi connectivity index (χ0n) is 20.7. The van der Waals surface area contributed by atoms with Crippen molar-refractivity contribution in [1.29, 1.82) is 0 Å². The fourth-order valence-corrected chi connectivity index (χ4v) is 4.13. The Kier molecular flexibility index (Phi) is 8.44. The summed E-state index contributed by atoms with van der Waals surface area (Å²) in [5.74, 6) is -3.99. The maximum Gasteiger partial charge on any atom is 0.272 e. The second-order valence-corrected chi connectivity index (χ2v) is 9.04. The van der Waals surface area contributed by atoms with Crippen molar-refractivity contribution in [2.75, 3.05) is 13.1 Å². The molecule has 12 heteroatoms. The quantitative estimate of drug-likeness (QED) is 0.398. The third-order valence-electron chi connectivity index (χ3n) is 6.16. The SMILES string of the molecule is CC1CCN(Cc2cccnc2)NCCn2cc(C(=O)NCc3ccc(F)cc3F)c(=O)c(O)c2C(=O)N1. The highest BCUT2D eigenvalue weighted by atomic mass is 19.1. The highest BCUT2D eigenvalue weighted by Crippen LogP contribution is 2.16. The van der Waals surface area contributed by atoms with Crippen molar-refractivity contribution in [3.63, 3.8) is 0 Å². The van der Waals surface area contributed by atoms with Crippen molar-refractivity contribution in [2.24, 2.45) is 0 Å². The molecular weight excluding hydrogens is 498 g/mol. The molecule has 0 saturated carbocycles. The molecule has 1 unspecified atom stereocenters. The molecule has 1 aliphatic heterocycles. The fourth-order valence-electron chi connectivity index (χ4n) is 4.13. The summed E-state index contributed by atoms with van der Waals surface area (Å²) in [6, 6.07) is 6.43. The molecule has 0 saturated heterocycles. The number of hydrogen-bond acceptors (Lipinski definition) is 7. The van der Waals surface area contributed by atoms with E-state index in [9.17, 15) is 28.3 Å². The number of hydrogen-bond donors (Lipinski definition) is 4. The molecule has 0 bridgehead atoms. The summed E-state index contributed by atoms with van der Waals surface area (Å²) < 4.78 is 28.4. The standard InChI is InChI=1S/C26H28F2N6O4/c1-16-6-9-34(14-17-3-2-7-29-12-17)31-8-10-33-15-20(23(35)24(36)22(33)26(38)32-16)25(37)30-13-18-4-5-19(27)11-21(18)28/h2-5,7,11-12,15-16,31,36H,6,8-10,13-14H2,1H3,(H,30,37)(H,32,38). The Hall–Kier alpha value is -4.16. The molecular formula is C26H28F2N6O4. The lowest BCUT2D eigenvalue weighted by Gasteiger charge is -2.24. The smallest absolute Gasteiger partial charge is 0.272 e. The van der Waals surface area contributed by atoms with Gasteiger partial charge >= 0.3 is 0 Å². The first-order chi connectivity index (χ1) is 18.2. The van der Waals surface area contributed by atoms with Crippen molar-refractivity contribution in [2.45, 2.75) is 39.0 Å². The van der Waals surface area contributed by atoms with E-state index in [-0.39, 0.29) is 30.4 Å². The molecule has 0 aliphatic carbocycles. The van der Waals surface area contributed by atoms with Crippen LogP contribution in [0.1, 0.15) is 45.3 Å². The average molecular weight is 527 g/mol. The van der Waals surface area contributed by atoms with Gasteiger partial charge in [0.2, 0.25) is 5.43 Å². The van der Waals surface area contributed by atoms with Crippen LogP contribution in [0.2, 0.25) is 0 Å². The van der Waals surface area contributed by atoms with Crippen LogP contribution in [-0.2, 0) is 19.6 Å². The fraction of sp³-hybridized carbons (Fsp3) is 0.308. The van der Waals surface area contributed by atoms with Crippen LogP contribution in [0.25, 0.3) is 0 Å². The molecule has 3 heterocycles. The Bertz CT molecular complexity index is 1380. The van der Waals surface area contributed by atoms with Gasteiger partial charge in [0.05, 0.1) is 0 Å². The summed E-state index contributed by atoms with van der Waals surface area (Å²) in [5.41, 5.74) is 2.60. The second kappa shape index (κ2) is 11.9. The van der Waals surface area contributed by atoms with Crippen molar-refractivity contribution >= 4 is 11.8 Å². The van der Waals surface area contributed by atoms with E-state index < -0.39 is 40.2 Å². The van der Waals surface area contributed by atoms with Gasteiger partial charge in [0.1, 0.15) is 17.2 Å². The van der Waals surface area contributed by atoms with E-state index in [0.717, 1.165) is 11.6 Å². The van der Waals surface area contributed by atoms with Crippen LogP contribution in [0.3, 0.4) is 0 Å². The molecule has 1 aromatic carbocycles. The monoisotopic (exact) mass is 526 g/mol. The first kappa shape index (κ1) is 26.9. The summed E-state index contributed by atoms with van der Waals surface area (Å²) in [6.45, 7) is 3.12. The maximum atomic E-state index is 13.9. The summed E-state index contributed by atoms with van der Waals surface area (Å²) >= 11 is 0. The van der Waals surface area contributed by atoms with Gasteiger partial charge in [-0.25, -0.2) is 13.8 Å². The molecule has 1 atom stereocenters. The van der Waals surface area contributed by atoms with Crippen LogP contribution in [-0.4, -0.2) is 50.6 Å². The Morgan fingerprint density at radius 1 is 1.24 bits per heavy atom. The molecule has 3 aromatic rings. The van der Waals surface area contributed by atoms with E-state index in [2.05, 4.69) is 21.0 Å². The number of nitrogens with one attached hydrogen (secondary N) is 3. The number of fused-ring (bicyclic) bond motifs is 1. The van der Waals surface area contributed by atoms with Crippen LogP contribution in [0.4, 0.5) is 8.78 Å². The lowest BCUT2D eigenvalue weighted by atomic mass is 10.1. The Balaban J connectivity index is 1.57. The van der Waals surface area contributed by atoms with Crippen LogP contribution in [0, 0.1) is 11.6 Å². The van der Waals surface area contributed by atoms with Gasteiger partial charge in [-0.2, -0.15) is 0 Å². The van der Waals surface area contributed by atoms with E-state index >= 15 is 0 Å². The average Bonchev–Trinajstić information content (AvgIpc) is 2.90. The summed E-state index contributed by atoms with van der Waals surface area (Å²) in [4.78, 5) is 42.8. The zero-order valence-corrected chi connectivity index (χ0v) is 20.7. The topological polar surface area (TPSA) is 129 Å². The minimum atomic E-state index is -1.03. The third-order valence-corrected chi connectivity index (χ3v) is 6.16. The Morgan fingerprint density at radius 2 is 2.05 bits per heavy atom. The maximum absolute atomic E-state index is 13.9. The minimum absolute atomic E-state index is 0.0191. The van der Waals surface area contributed by atoms with E-state index in [1.54, 1.807) is 12.4 Å². The summed E-state index contributed by atoms with van der Waals surface area (Å²) in [5, 5.41) is 17.9.